The Morgan fingerprint density at radius 1 is 1.18 bits per heavy atom. The van der Waals surface area contributed by atoms with Gasteiger partial charge in [0.15, 0.2) is 5.65 Å². The van der Waals surface area contributed by atoms with Crippen LogP contribution in [0.4, 0.5) is 0 Å². The maximum absolute atomic E-state index is 6.46. The van der Waals surface area contributed by atoms with Crippen LogP contribution < -0.4 is 5.73 Å². The number of fused-ring (bicyclic) bond motifs is 1. The third kappa shape index (κ3) is 1.82. The third-order valence-electron chi connectivity index (χ3n) is 3.70. The van der Waals surface area contributed by atoms with Crippen molar-refractivity contribution in [3.63, 3.8) is 0 Å². The molecule has 0 aromatic carbocycles. The summed E-state index contributed by atoms with van der Waals surface area (Å²) in [7, 11) is 0. The predicted molar refractivity (Wildman–Crippen MR) is 67.6 cm³/mol. The van der Waals surface area contributed by atoms with E-state index in [4.69, 9.17) is 5.73 Å². The van der Waals surface area contributed by atoms with Gasteiger partial charge in [-0.15, -0.1) is 0 Å². The van der Waals surface area contributed by atoms with Crippen molar-refractivity contribution in [2.45, 2.75) is 44.6 Å². The quantitative estimate of drug-likeness (QED) is 0.790. The lowest BCUT2D eigenvalue weighted by atomic mass is 9.82. The van der Waals surface area contributed by atoms with Gasteiger partial charge >= 0.3 is 0 Å². The minimum atomic E-state index is -0.271. The minimum Gasteiger partial charge on any atom is -0.339 e. The molecule has 1 saturated carbocycles. The van der Waals surface area contributed by atoms with E-state index >= 15 is 0 Å². The molecule has 0 amide bonds. The van der Waals surface area contributed by atoms with Crippen LogP contribution in [0.5, 0.6) is 0 Å². The molecule has 0 atom stereocenters. The topological polar surface area (TPSA) is 67.6 Å². The number of nitrogens with two attached hydrogens (primary N) is 1. The SMILES string of the molecule is Cc1ccc2[nH]c(C3(N)CCCCC3)nc2n1. The molecule has 1 aliphatic carbocycles. The van der Waals surface area contributed by atoms with E-state index in [0.29, 0.717) is 0 Å². The van der Waals surface area contributed by atoms with Gasteiger partial charge in [-0.05, 0) is 31.9 Å². The average molecular weight is 230 g/mol. The Balaban J connectivity index is 2.05. The summed E-state index contributed by atoms with van der Waals surface area (Å²) < 4.78 is 0. The Labute approximate surface area is 101 Å². The van der Waals surface area contributed by atoms with Crippen LogP contribution in [-0.4, -0.2) is 15.0 Å². The monoisotopic (exact) mass is 230 g/mol. The molecule has 2 aromatic heterocycles. The molecule has 90 valence electrons. The Morgan fingerprint density at radius 3 is 2.71 bits per heavy atom. The van der Waals surface area contributed by atoms with Gasteiger partial charge in [0, 0.05) is 5.69 Å². The Bertz CT molecular complexity index is 537. The molecule has 0 radical (unpaired) electrons. The number of pyridine rings is 1. The first kappa shape index (κ1) is 10.7. The molecule has 1 aliphatic rings. The van der Waals surface area contributed by atoms with E-state index in [1.54, 1.807) is 0 Å². The van der Waals surface area contributed by atoms with Gasteiger partial charge in [0.1, 0.15) is 5.82 Å². The van der Waals surface area contributed by atoms with Crippen molar-refractivity contribution in [3.8, 4) is 0 Å². The van der Waals surface area contributed by atoms with Crippen molar-refractivity contribution in [1.82, 2.24) is 15.0 Å². The molecule has 4 nitrogen and oxygen atoms in total. The van der Waals surface area contributed by atoms with Gasteiger partial charge in [0.2, 0.25) is 0 Å². The third-order valence-corrected chi connectivity index (χ3v) is 3.70. The highest BCUT2D eigenvalue weighted by Crippen LogP contribution is 2.33. The zero-order chi connectivity index (χ0) is 11.9. The number of rotatable bonds is 1. The maximum atomic E-state index is 6.46. The molecular weight excluding hydrogens is 212 g/mol. The fraction of sp³-hybridized carbons (Fsp3) is 0.538. The molecule has 2 aromatic rings. The van der Waals surface area contributed by atoms with Crippen LogP contribution in [0.15, 0.2) is 12.1 Å². The van der Waals surface area contributed by atoms with E-state index in [1.165, 1.54) is 19.3 Å². The van der Waals surface area contributed by atoms with Crippen LogP contribution in [0.3, 0.4) is 0 Å². The zero-order valence-electron chi connectivity index (χ0n) is 10.2. The second-order valence-corrected chi connectivity index (χ2v) is 5.13. The number of H-pyrrole nitrogens is 1. The fourth-order valence-electron chi connectivity index (χ4n) is 2.64. The lowest BCUT2D eigenvalue weighted by molar-refractivity contribution is 0.289. The lowest BCUT2D eigenvalue weighted by Gasteiger charge is -2.31. The smallest absolute Gasteiger partial charge is 0.178 e. The van der Waals surface area contributed by atoms with Crippen molar-refractivity contribution in [2.24, 2.45) is 5.73 Å². The first-order valence-corrected chi connectivity index (χ1v) is 6.30. The normalized spacial score (nSPS) is 19.6. The predicted octanol–water partition coefficient (Wildman–Crippen LogP) is 2.38. The summed E-state index contributed by atoms with van der Waals surface area (Å²) >= 11 is 0. The van der Waals surface area contributed by atoms with Gasteiger partial charge in [-0.3, -0.25) is 0 Å². The number of aromatic nitrogens is 3. The van der Waals surface area contributed by atoms with Crippen molar-refractivity contribution in [1.29, 1.82) is 0 Å². The van der Waals surface area contributed by atoms with Crippen molar-refractivity contribution in [3.05, 3.63) is 23.7 Å². The summed E-state index contributed by atoms with van der Waals surface area (Å²) in [6, 6.07) is 4.02. The molecule has 0 spiro atoms. The highest BCUT2D eigenvalue weighted by atomic mass is 15.0. The molecule has 4 heteroatoms. The Hall–Kier alpha value is -1.42. The molecule has 2 heterocycles. The van der Waals surface area contributed by atoms with Crippen molar-refractivity contribution >= 4 is 11.2 Å². The Kier molecular flexibility index (Phi) is 2.40. The summed E-state index contributed by atoms with van der Waals surface area (Å²) in [5.41, 5.74) is 8.96. The second-order valence-electron chi connectivity index (χ2n) is 5.13. The van der Waals surface area contributed by atoms with Crippen LogP contribution in [0, 0.1) is 6.92 Å². The minimum absolute atomic E-state index is 0.271. The molecule has 3 N–H and O–H groups in total. The first-order chi connectivity index (χ1) is 8.17. The highest BCUT2D eigenvalue weighted by molar-refractivity contribution is 5.70. The van der Waals surface area contributed by atoms with Gasteiger partial charge in [-0.25, -0.2) is 9.97 Å². The number of aromatic amines is 1. The fourth-order valence-corrected chi connectivity index (χ4v) is 2.64. The first-order valence-electron chi connectivity index (χ1n) is 6.30. The summed E-state index contributed by atoms with van der Waals surface area (Å²) in [5, 5.41) is 0. The van der Waals surface area contributed by atoms with E-state index in [1.807, 2.05) is 19.1 Å². The second kappa shape index (κ2) is 3.81. The van der Waals surface area contributed by atoms with Gasteiger partial charge in [0.25, 0.3) is 0 Å². The number of nitrogens with zero attached hydrogens (tertiary/aromatic N) is 2. The van der Waals surface area contributed by atoms with E-state index in [9.17, 15) is 0 Å². The molecule has 1 fully saturated rings. The lowest BCUT2D eigenvalue weighted by Crippen LogP contribution is -2.39. The highest BCUT2D eigenvalue weighted by Gasteiger charge is 2.32. The molecule has 0 bridgehead atoms. The molecule has 3 rings (SSSR count). The van der Waals surface area contributed by atoms with Crippen LogP contribution in [0.25, 0.3) is 11.2 Å². The molecular formula is C13H18N4. The van der Waals surface area contributed by atoms with Crippen LogP contribution in [0.1, 0.15) is 43.6 Å². The number of aryl methyl sites for hydroxylation is 1. The number of imidazole rings is 1. The molecule has 0 saturated heterocycles. The average Bonchev–Trinajstić information content (AvgIpc) is 2.73. The van der Waals surface area contributed by atoms with Gasteiger partial charge in [0.05, 0.1) is 11.1 Å². The summed E-state index contributed by atoms with van der Waals surface area (Å²) in [5.74, 6) is 0.908. The van der Waals surface area contributed by atoms with Gasteiger partial charge < -0.3 is 10.7 Å². The Morgan fingerprint density at radius 2 is 1.94 bits per heavy atom. The number of hydrogen-bond acceptors (Lipinski definition) is 3. The zero-order valence-corrected chi connectivity index (χ0v) is 10.2. The standard InChI is InChI=1S/C13H18N4/c1-9-5-6-10-11(15-9)17-12(16-10)13(14)7-3-2-4-8-13/h5-6H,2-4,7-8,14H2,1H3,(H,15,16,17). The largest absolute Gasteiger partial charge is 0.339 e. The maximum Gasteiger partial charge on any atom is 0.178 e. The number of nitrogens with one attached hydrogen (secondary N) is 1. The van der Waals surface area contributed by atoms with Crippen LogP contribution in [-0.2, 0) is 5.54 Å². The molecule has 17 heavy (non-hydrogen) atoms. The van der Waals surface area contributed by atoms with E-state index in [0.717, 1.165) is 35.5 Å². The van der Waals surface area contributed by atoms with Crippen LogP contribution >= 0.6 is 0 Å². The molecule has 0 aliphatic heterocycles. The van der Waals surface area contributed by atoms with E-state index < -0.39 is 0 Å². The van der Waals surface area contributed by atoms with Gasteiger partial charge in [-0.2, -0.15) is 0 Å². The van der Waals surface area contributed by atoms with E-state index in [2.05, 4.69) is 15.0 Å². The van der Waals surface area contributed by atoms with E-state index in [-0.39, 0.29) is 5.54 Å². The summed E-state index contributed by atoms with van der Waals surface area (Å²) in [6.45, 7) is 1.98. The summed E-state index contributed by atoms with van der Waals surface area (Å²) in [4.78, 5) is 12.3. The van der Waals surface area contributed by atoms with Gasteiger partial charge in [-0.1, -0.05) is 19.3 Å². The molecule has 0 unspecified atom stereocenters. The number of hydrogen-bond donors (Lipinski definition) is 2. The van der Waals surface area contributed by atoms with Crippen molar-refractivity contribution in [2.75, 3.05) is 0 Å². The van der Waals surface area contributed by atoms with Crippen molar-refractivity contribution < 1.29 is 0 Å². The van der Waals surface area contributed by atoms with Crippen LogP contribution in [0.2, 0.25) is 0 Å². The summed E-state index contributed by atoms with van der Waals surface area (Å²) in [6.07, 6.45) is 5.72.